The number of benzene rings is 1. The molecule has 0 bridgehead atoms. The molecule has 1 N–H and O–H groups in total. The summed E-state index contributed by atoms with van der Waals surface area (Å²) in [7, 11) is 0. The SMILES string of the molecule is CCOc1ccc(Nc2cc(C)c(Br)cn2)cc1C. The molecule has 0 atom stereocenters. The molecule has 1 heterocycles. The fourth-order valence-corrected chi connectivity index (χ4v) is 2.02. The number of nitrogens with one attached hydrogen (secondary N) is 1. The number of aromatic nitrogens is 1. The molecule has 0 saturated carbocycles. The van der Waals surface area contributed by atoms with E-state index in [-0.39, 0.29) is 0 Å². The first-order valence-corrected chi connectivity index (χ1v) is 7.02. The van der Waals surface area contributed by atoms with Crippen LogP contribution in [0.15, 0.2) is 34.9 Å². The molecule has 0 radical (unpaired) electrons. The van der Waals surface area contributed by atoms with E-state index < -0.39 is 0 Å². The minimum Gasteiger partial charge on any atom is -0.494 e. The van der Waals surface area contributed by atoms with E-state index in [4.69, 9.17) is 4.74 Å². The van der Waals surface area contributed by atoms with E-state index in [0.717, 1.165) is 32.9 Å². The van der Waals surface area contributed by atoms with E-state index in [1.54, 1.807) is 6.20 Å². The van der Waals surface area contributed by atoms with Gasteiger partial charge in [0.1, 0.15) is 11.6 Å². The zero-order valence-corrected chi connectivity index (χ0v) is 12.9. The lowest BCUT2D eigenvalue weighted by molar-refractivity contribution is 0.338. The Morgan fingerprint density at radius 1 is 1.21 bits per heavy atom. The summed E-state index contributed by atoms with van der Waals surface area (Å²) in [5.74, 6) is 1.76. The van der Waals surface area contributed by atoms with Gasteiger partial charge in [0.05, 0.1) is 6.61 Å². The van der Waals surface area contributed by atoms with Crippen LogP contribution < -0.4 is 10.1 Å². The van der Waals surface area contributed by atoms with Crippen LogP contribution in [0.2, 0.25) is 0 Å². The number of hydrogen-bond acceptors (Lipinski definition) is 3. The van der Waals surface area contributed by atoms with E-state index in [1.165, 1.54) is 0 Å². The second-order valence-corrected chi connectivity index (χ2v) is 5.21. The molecule has 1 aromatic heterocycles. The van der Waals surface area contributed by atoms with Gasteiger partial charge < -0.3 is 10.1 Å². The number of hydrogen-bond donors (Lipinski definition) is 1. The maximum absolute atomic E-state index is 5.53. The number of rotatable bonds is 4. The summed E-state index contributed by atoms with van der Waals surface area (Å²) in [4.78, 5) is 4.33. The Morgan fingerprint density at radius 2 is 2.00 bits per heavy atom. The average molecular weight is 321 g/mol. The number of anilines is 2. The third-order valence-corrected chi connectivity index (χ3v) is 3.62. The molecule has 0 aliphatic heterocycles. The molecule has 0 aliphatic rings. The highest BCUT2D eigenvalue weighted by Gasteiger charge is 2.03. The van der Waals surface area contributed by atoms with Crippen molar-refractivity contribution >= 4 is 27.4 Å². The second-order valence-electron chi connectivity index (χ2n) is 4.36. The van der Waals surface area contributed by atoms with Gasteiger partial charge in [-0.2, -0.15) is 0 Å². The first-order chi connectivity index (χ1) is 9.10. The maximum Gasteiger partial charge on any atom is 0.130 e. The predicted octanol–water partition coefficient (Wildman–Crippen LogP) is 4.60. The van der Waals surface area contributed by atoms with E-state index >= 15 is 0 Å². The zero-order chi connectivity index (χ0) is 13.8. The first-order valence-electron chi connectivity index (χ1n) is 6.22. The monoisotopic (exact) mass is 320 g/mol. The topological polar surface area (TPSA) is 34.1 Å². The Balaban J connectivity index is 2.19. The van der Waals surface area contributed by atoms with E-state index in [1.807, 2.05) is 39.0 Å². The normalized spacial score (nSPS) is 10.3. The van der Waals surface area contributed by atoms with E-state index in [0.29, 0.717) is 6.61 Å². The largest absolute Gasteiger partial charge is 0.494 e. The lowest BCUT2D eigenvalue weighted by atomic mass is 10.2. The quantitative estimate of drug-likeness (QED) is 0.893. The van der Waals surface area contributed by atoms with Crippen molar-refractivity contribution in [1.82, 2.24) is 4.98 Å². The van der Waals surface area contributed by atoms with Crippen molar-refractivity contribution in [2.24, 2.45) is 0 Å². The maximum atomic E-state index is 5.53. The van der Waals surface area contributed by atoms with Gasteiger partial charge in [-0.25, -0.2) is 4.98 Å². The predicted molar refractivity (Wildman–Crippen MR) is 82.3 cm³/mol. The molecular formula is C15H17BrN2O. The fraction of sp³-hybridized carbons (Fsp3) is 0.267. The van der Waals surface area contributed by atoms with Crippen LogP contribution in [0.5, 0.6) is 5.75 Å². The summed E-state index contributed by atoms with van der Waals surface area (Å²) in [6.07, 6.45) is 1.80. The van der Waals surface area contributed by atoms with E-state index in [9.17, 15) is 0 Å². The van der Waals surface area contributed by atoms with Crippen LogP contribution in [0.3, 0.4) is 0 Å². The van der Waals surface area contributed by atoms with Gasteiger partial charge in [-0.05, 0) is 72.1 Å². The van der Waals surface area contributed by atoms with Crippen LogP contribution in [0.1, 0.15) is 18.1 Å². The van der Waals surface area contributed by atoms with Crippen molar-refractivity contribution in [3.63, 3.8) is 0 Å². The zero-order valence-electron chi connectivity index (χ0n) is 11.3. The highest BCUT2D eigenvalue weighted by molar-refractivity contribution is 9.10. The van der Waals surface area contributed by atoms with Crippen molar-refractivity contribution in [3.05, 3.63) is 46.1 Å². The molecule has 0 saturated heterocycles. The molecule has 4 heteroatoms. The van der Waals surface area contributed by atoms with Gasteiger partial charge in [-0.1, -0.05) is 0 Å². The summed E-state index contributed by atoms with van der Waals surface area (Å²) < 4.78 is 6.54. The molecular weight excluding hydrogens is 304 g/mol. The lowest BCUT2D eigenvalue weighted by Crippen LogP contribution is -1.97. The Morgan fingerprint density at radius 3 is 2.63 bits per heavy atom. The van der Waals surface area contributed by atoms with Crippen molar-refractivity contribution in [3.8, 4) is 5.75 Å². The molecule has 0 unspecified atom stereocenters. The Kier molecular flexibility index (Phi) is 4.43. The van der Waals surface area contributed by atoms with Gasteiger partial charge in [0.2, 0.25) is 0 Å². The molecule has 0 spiro atoms. The second kappa shape index (κ2) is 6.06. The Bertz CT molecular complexity index is 584. The van der Waals surface area contributed by atoms with Crippen LogP contribution in [0.4, 0.5) is 11.5 Å². The number of aryl methyl sites for hydroxylation is 2. The minimum absolute atomic E-state index is 0.682. The number of ether oxygens (including phenoxy) is 1. The molecule has 3 nitrogen and oxygen atoms in total. The Labute approximate surface area is 122 Å². The smallest absolute Gasteiger partial charge is 0.130 e. The number of pyridine rings is 1. The third-order valence-electron chi connectivity index (χ3n) is 2.79. The highest BCUT2D eigenvalue weighted by Crippen LogP contribution is 2.25. The van der Waals surface area contributed by atoms with Crippen molar-refractivity contribution in [1.29, 1.82) is 0 Å². The van der Waals surface area contributed by atoms with Gasteiger partial charge in [0.15, 0.2) is 0 Å². The minimum atomic E-state index is 0.682. The molecule has 0 aliphatic carbocycles. The van der Waals surface area contributed by atoms with Crippen LogP contribution in [-0.4, -0.2) is 11.6 Å². The lowest BCUT2D eigenvalue weighted by Gasteiger charge is -2.11. The van der Waals surface area contributed by atoms with Gasteiger partial charge in [0, 0.05) is 16.4 Å². The van der Waals surface area contributed by atoms with Crippen LogP contribution in [0.25, 0.3) is 0 Å². The molecule has 0 amide bonds. The summed E-state index contributed by atoms with van der Waals surface area (Å²) in [5.41, 5.74) is 3.27. The van der Waals surface area contributed by atoms with Crippen molar-refractivity contribution in [2.75, 3.05) is 11.9 Å². The summed E-state index contributed by atoms with van der Waals surface area (Å²) in [6.45, 7) is 6.75. The van der Waals surface area contributed by atoms with Crippen LogP contribution in [0, 0.1) is 13.8 Å². The number of nitrogens with zero attached hydrogens (tertiary/aromatic N) is 1. The third kappa shape index (κ3) is 3.47. The van der Waals surface area contributed by atoms with Gasteiger partial charge in [0.25, 0.3) is 0 Å². The van der Waals surface area contributed by atoms with Crippen molar-refractivity contribution in [2.45, 2.75) is 20.8 Å². The van der Waals surface area contributed by atoms with Gasteiger partial charge >= 0.3 is 0 Å². The van der Waals surface area contributed by atoms with Gasteiger partial charge in [-0.3, -0.25) is 0 Å². The van der Waals surface area contributed by atoms with Crippen LogP contribution >= 0.6 is 15.9 Å². The Hall–Kier alpha value is -1.55. The molecule has 19 heavy (non-hydrogen) atoms. The highest BCUT2D eigenvalue weighted by atomic mass is 79.9. The molecule has 0 fully saturated rings. The van der Waals surface area contributed by atoms with E-state index in [2.05, 4.69) is 32.3 Å². The first kappa shape index (κ1) is 13.9. The molecule has 2 aromatic rings. The molecule has 2 rings (SSSR count). The molecule has 1 aromatic carbocycles. The average Bonchev–Trinajstić information content (AvgIpc) is 2.37. The summed E-state index contributed by atoms with van der Waals surface area (Å²) in [6, 6.07) is 8.05. The fourth-order valence-electron chi connectivity index (χ4n) is 1.80. The number of halogens is 1. The summed E-state index contributed by atoms with van der Waals surface area (Å²) >= 11 is 3.45. The summed E-state index contributed by atoms with van der Waals surface area (Å²) in [5, 5.41) is 3.29. The van der Waals surface area contributed by atoms with Crippen LogP contribution in [-0.2, 0) is 0 Å². The molecule has 100 valence electrons. The standard InChI is InChI=1S/C15H17BrN2O/c1-4-19-14-6-5-12(7-11(14)3)18-15-8-10(2)13(16)9-17-15/h5-9H,4H2,1-3H3,(H,17,18). The van der Waals surface area contributed by atoms with Crippen molar-refractivity contribution < 1.29 is 4.74 Å². The van der Waals surface area contributed by atoms with Gasteiger partial charge in [-0.15, -0.1) is 0 Å².